The smallest absolute Gasteiger partial charge is 0.380 e. The van der Waals surface area contributed by atoms with Crippen LogP contribution in [0.1, 0.15) is 26.7 Å². The molecule has 0 aromatic rings. The fourth-order valence-corrected chi connectivity index (χ4v) is 1.02. The largest absolute Gasteiger partial charge is 0.414 e. The van der Waals surface area contributed by atoms with Crippen LogP contribution in [0.25, 0.3) is 0 Å². The third-order valence-corrected chi connectivity index (χ3v) is 2.17. The van der Waals surface area contributed by atoms with Crippen molar-refractivity contribution in [3.8, 4) is 0 Å². The van der Waals surface area contributed by atoms with Crippen molar-refractivity contribution in [3.63, 3.8) is 0 Å². The molecule has 0 rings (SSSR count). The van der Waals surface area contributed by atoms with Crippen molar-refractivity contribution in [1.29, 1.82) is 0 Å². The Bertz CT molecular complexity index is 177. The monoisotopic (exact) mass is 257 g/mol. The Balaban J connectivity index is 3.19. The van der Waals surface area contributed by atoms with Crippen molar-refractivity contribution in [2.75, 3.05) is 32.9 Å². The molecule has 0 aromatic heterocycles. The Labute approximate surface area is 101 Å². The zero-order valence-electron chi connectivity index (χ0n) is 10.5. The van der Waals surface area contributed by atoms with Gasteiger partial charge in [-0.25, -0.2) is 0 Å². The summed E-state index contributed by atoms with van der Waals surface area (Å²) in [5.74, 6) is 0. The number of ether oxygens (including phenoxy) is 2. The van der Waals surface area contributed by atoms with Crippen molar-refractivity contribution in [2.45, 2.75) is 39.0 Å². The Morgan fingerprint density at radius 3 is 2.35 bits per heavy atom. The number of rotatable bonds is 10. The van der Waals surface area contributed by atoms with E-state index in [1.165, 1.54) is 0 Å². The molecule has 6 heteroatoms. The van der Waals surface area contributed by atoms with E-state index in [2.05, 4.69) is 17.0 Å². The summed E-state index contributed by atoms with van der Waals surface area (Å²) in [6.45, 7) is 5.49. The SMILES string of the molecule is CCCCOCCNCCOC(C)C(F)(F)F. The van der Waals surface area contributed by atoms with E-state index >= 15 is 0 Å². The first-order chi connectivity index (χ1) is 7.98. The van der Waals surface area contributed by atoms with Gasteiger partial charge in [0.05, 0.1) is 13.2 Å². The van der Waals surface area contributed by atoms with Crippen molar-refractivity contribution < 1.29 is 22.6 Å². The molecule has 0 saturated heterocycles. The molecule has 1 atom stereocenters. The van der Waals surface area contributed by atoms with Gasteiger partial charge in [-0.2, -0.15) is 13.2 Å². The highest BCUT2D eigenvalue weighted by atomic mass is 19.4. The highest BCUT2D eigenvalue weighted by Gasteiger charge is 2.36. The van der Waals surface area contributed by atoms with Crippen LogP contribution in [0.5, 0.6) is 0 Å². The predicted molar refractivity (Wildman–Crippen MR) is 60.1 cm³/mol. The minimum atomic E-state index is -4.27. The summed E-state index contributed by atoms with van der Waals surface area (Å²) < 4.78 is 46.0. The van der Waals surface area contributed by atoms with Crippen LogP contribution in [0, 0.1) is 0 Å². The molecule has 0 aromatic carbocycles. The van der Waals surface area contributed by atoms with Gasteiger partial charge in [0.15, 0.2) is 6.10 Å². The van der Waals surface area contributed by atoms with Gasteiger partial charge in [-0.1, -0.05) is 13.3 Å². The Hall–Kier alpha value is -0.330. The molecule has 0 aliphatic rings. The third-order valence-electron chi connectivity index (χ3n) is 2.17. The van der Waals surface area contributed by atoms with Crippen LogP contribution in [0.3, 0.4) is 0 Å². The van der Waals surface area contributed by atoms with E-state index in [0.29, 0.717) is 19.7 Å². The van der Waals surface area contributed by atoms with Gasteiger partial charge in [0.2, 0.25) is 0 Å². The van der Waals surface area contributed by atoms with Crippen molar-refractivity contribution in [1.82, 2.24) is 5.32 Å². The molecule has 0 bridgehead atoms. The van der Waals surface area contributed by atoms with Gasteiger partial charge < -0.3 is 14.8 Å². The average molecular weight is 257 g/mol. The van der Waals surface area contributed by atoms with Gasteiger partial charge in [-0.3, -0.25) is 0 Å². The van der Waals surface area contributed by atoms with Crippen molar-refractivity contribution in [2.24, 2.45) is 0 Å². The molecule has 17 heavy (non-hydrogen) atoms. The van der Waals surface area contributed by atoms with Gasteiger partial charge >= 0.3 is 6.18 Å². The molecule has 0 aliphatic carbocycles. The second-order valence-corrected chi connectivity index (χ2v) is 3.77. The summed E-state index contributed by atoms with van der Waals surface area (Å²) in [6.07, 6.45) is -3.85. The summed E-state index contributed by atoms with van der Waals surface area (Å²) >= 11 is 0. The molecule has 1 N–H and O–H groups in total. The van der Waals surface area contributed by atoms with Crippen LogP contribution >= 0.6 is 0 Å². The number of alkyl halides is 3. The maximum atomic E-state index is 12.0. The van der Waals surface area contributed by atoms with E-state index in [9.17, 15) is 13.2 Å². The molecule has 1 unspecified atom stereocenters. The number of unbranched alkanes of at least 4 members (excludes halogenated alkanes) is 1. The maximum absolute atomic E-state index is 12.0. The lowest BCUT2D eigenvalue weighted by Gasteiger charge is -2.16. The summed E-state index contributed by atoms with van der Waals surface area (Å²) in [4.78, 5) is 0. The fourth-order valence-electron chi connectivity index (χ4n) is 1.02. The topological polar surface area (TPSA) is 30.5 Å². The fraction of sp³-hybridized carbons (Fsp3) is 1.00. The molecule has 0 aliphatic heterocycles. The highest BCUT2D eigenvalue weighted by molar-refractivity contribution is 4.60. The van der Waals surface area contributed by atoms with E-state index in [1.54, 1.807) is 0 Å². The minimum absolute atomic E-state index is 0.0512. The maximum Gasteiger partial charge on any atom is 0.414 e. The molecular weight excluding hydrogens is 235 g/mol. The van der Waals surface area contributed by atoms with Gasteiger partial charge in [0, 0.05) is 19.7 Å². The lowest BCUT2D eigenvalue weighted by molar-refractivity contribution is -0.213. The average Bonchev–Trinajstić information content (AvgIpc) is 2.25. The first-order valence-corrected chi connectivity index (χ1v) is 5.95. The molecular formula is C11H22F3NO2. The van der Waals surface area contributed by atoms with E-state index in [1.807, 2.05) is 0 Å². The minimum Gasteiger partial charge on any atom is -0.380 e. The number of nitrogens with one attached hydrogen (secondary N) is 1. The number of hydrogen-bond donors (Lipinski definition) is 1. The number of hydrogen-bond acceptors (Lipinski definition) is 3. The van der Waals surface area contributed by atoms with Crippen molar-refractivity contribution >= 4 is 0 Å². The van der Waals surface area contributed by atoms with Gasteiger partial charge in [0.1, 0.15) is 0 Å². The van der Waals surface area contributed by atoms with Crippen LogP contribution < -0.4 is 5.32 Å². The van der Waals surface area contributed by atoms with Gasteiger partial charge in [0.25, 0.3) is 0 Å². The lowest BCUT2D eigenvalue weighted by Crippen LogP contribution is -2.32. The van der Waals surface area contributed by atoms with Crippen LogP contribution in [-0.4, -0.2) is 45.2 Å². The van der Waals surface area contributed by atoms with Crippen LogP contribution in [0.15, 0.2) is 0 Å². The van der Waals surface area contributed by atoms with Gasteiger partial charge in [-0.15, -0.1) is 0 Å². The Kier molecular flexibility index (Phi) is 9.49. The van der Waals surface area contributed by atoms with E-state index in [0.717, 1.165) is 26.4 Å². The molecule has 104 valence electrons. The van der Waals surface area contributed by atoms with Crippen LogP contribution in [-0.2, 0) is 9.47 Å². The molecule has 0 radical (unpaired) electrons. The molecule has 0 spiro atoms. The Morgan fingerprint density at radius 2 is 1.76 bits per heavy atom. The second kappa shape index (κ2) is 9.67. The molecule has 0 heterocycles. The molecule has 0 amide bonds. The molecule has 0 fully saturated rings. The third kappa shape index (κ3) is 10.5. The first-order valence-electron chi connectivity index (χ1n) is 5.95. The molecule has 0 saturated carbocycles. The molecule has 3 nitrogen and oxygen atoms in total. The normalized spacial score (nSPS) is 13.9. The predicted octanol–water partition coefficient (Wildman–Crippen LogP) is 2.36. The highest BCUT2D eigenvalue weighted by Crippen LogP contribution is 2.21. The van der Waals surface area contributed by atoms with Crippen LogP contribution in [0.4, 0.5) is 13.2 Å². The zero-order valence-corrected chi connectivity index (χ0v) is 10.5. The number of halogens is 3. The first kappa shape index (κ1) is 16.7. The van der Waals surface area contributed by atoms with Crippen molar-refractivity contribution in [3.05, 3.63) is 0 Å². The summed E-state index contributed by atoms with van der Waals surface area (Å²) in [7, 11) is 0. The Morgan fingerprint density at radius 1 is 1.12 bits per heavy atom. The summed E-state index contributed by atoms with van der Waals surface area (Å²) in [5.41, 5.74) is 0. The van der Waals surface area contributed by atoms with Gasteiger partial charge in [-0.05, 0) is 13.3 Å². The quantitative estimate of drug-likeness (QED) is 0.609. The summed E-state index contributed by atoms with van der Waals surface area (Å²) in [6, 6.07) is 0. The second-order valence-electron chi connectivity index (χ2n) is 3.77. The van der Waals surface area contributed by atoms with E-state index < -0.39 is 12.3 Å². The lowest BCUT2D eigenvalue weighted by atomic mass is 10.4. The zero-order chi connectivity index (χ0) is 13.1. The van der Waals surface area contributed by atoms with Crippen LogP contribution in [0.2, 0.25) is 0 Å². The van der Waals surface area contributed by atoms with E-state index in [-0.39, 0.29) is 6.61 Å². The standard InChI is InChI=1S/C11H22F3NO2/c1-3-4-7-16-8-5-15-6-9-17-10(2)11(12,13)14/h10,15H,3-9H2,1-2H3. The van der Waals surface area contributed by atoms with E-state index in [4.69, 9.17) is 4.74 Å². The summed E-state index contributed by atoms with van der Waals surface area (Å²) in [5, 5.41) is 2.95.